The van der Waals surface area contributed by atoms with Crippen LogP contribution in [0.5, 0.6) is 0 Å². The highest BCUT2D eigenvalue weighted by molar-refractivity contribution is 9.10. The van der Waals surface area contributed by atoms with Gasteiger partial charge in [-0.1, -0.05) is 36.4 Å². The van der Waals surface area contributed by atoms with Crippen molar-refractivity contribution in [1.29, 1.82) is 0 Å². The molecule has 2 aromatic rings. The van der Waals surface area contributed by atoms with Crippen LogP contribution in [0.3, 0.4) is 0 Å². The van der Waals surface area contributed by atoms with E-state index < -0.39 is 5.97 Å². The predicted octanol–water partition coefficient (Wildman–Crippen LogP) is 3.88. The number of rotatable bonds is 3. The Hall–Kier alpha value is -1.81. The summed E-state index contributed by atoms with van der Waals surface area (Å²) in [6.07, 6.45) is 0. The summed E-state index contributed by atoms with van der Waals surface area (Å²) in [6.45, 7) is 0. The summed E-state index contributed by atoms with van der Waals surface area (Å²) in [6, 6.07) is 13.3. The Morgan fingerprint density at radius 1 is 1.11 bits per heavy atom. The van der Waals surface area contributed by atoms with Crippen molar-refractivity contribution in [2.75, 3.05) is 19.0 Å². The molecule has 98 valence electrons. The number of anilines is 1. The summed E-state index contributed by atoms with van der Waals surface area (Å²) in [4.78, 5) is 13.4. The highest BCUT2D eigenvalue weighted by Gasteiger charge is 2.19. The fraction of sp³-hybridized carbons (Fsp3) is 0.133. The molecule has 0 aliphatic rings. The highest BCUT2D eigenvalue weighted by Crippen LogP contribution is 2.35. The maximum absolute atomic E-state index is 11.5. The first-order valence-corrected chi connectivity index (χ1v) is 6.60. The Kier molecular flexibility index (Phi) is 3.90. The monoisotopic (exact) mass is 319 g/mol. The van der Waals surface area contributed by atoms with Crippen molar-refractivity contribution in [3.05, 3.63) is 52.5 Å². The lowest BCUT2D eigenvalue weighted by Gasteiger charge is -2.18. The molecule has 0 aliphatic heterocycles. The molecule has 0 atom stereocenters. The molecule has 4 heteroatoms. The standard InChI is InChI=1S/C15H14BrNO2/c1-17(2)12-9-8-11(10-6-4-3-5-7-10)13(14(12)16)15(18)19/h3-9H,1-2H3,(H,18,19). The summed E-state index contributed by atoms with van der Waals surface area (Å²) in [5, 5.41) is 9.47. The normalized spacial score (nSPS) is 10.3. The summed E-state index contributed by atoms with van der Waals surface area (Å²) < 4.78 is 0.603. The molecule has 0 aliphatic carbocycles. The first-order chi connectivity index (χ1) is 9.02. The van der Waals surface area contributed by atoms with Crippen molar-refractivity contribution in [3.63, 3.8) is 0 Å². The van der Waals surface area contributed by atoms with Gasteiger partial charge >= 0.3 is 5.97 Å². The zero-order valence-electron chi connectivity index (χ0n) is 10.7. The molecule has 0 heterocycles. The SMILES string of the molecule is CN(C)c1ccc(-c2ccccc2)c(C(=O)O)c1Br. The van der Waals surface area contributed by atoms with Gasteiger partial charge < -0.3 is 10.0 Å². The quantitative estimate of drug-likeness (QED) is 0.933. The maximum atomic E-state index is 11.5. The summed E-state index contributed by atoms with van der Waals surface area (Å²) >= 11 is 3.41. The Bertz CT molecular complexity index is 609. The van der Waals surface area contributed by atoms with Gasteiger partial charge in [-0.25, -0.2) is 4.79 Å². The van der Waals surface area contributed by atoms with Crippen LogP contribution in [0.15, 0.2) is 46.9 Å². The average molecular weight is 320 g/mol. The Labute approximate surface area is 120 Å². The second-order valence-corrected chi connectivity index (χ2v) is 5.18. The molecule has 1 N–H and O–H groups in total. The van der Waals surface area contributed by atoms with Crippen molar-refractivity contribution in [3.8, 4) is 11.1 Å². The first-order valence-electron chi connectivity index (χ1n) is 5.81. The molecule has 0 spiro atoms. The van der Waals surface area contributed by atoms with Crippen molar-refractivity contribution in [2.24, 2.45) is 0 Å². The fourth-order valence-corrected chi connectivity index (χ4v) is 2.85. The van der Waals surface area contributed by atoms with E-state index in [1.807, 2.05) is 61.5 Å². The summed E-state index contributed by atoms with van der Waals surface area (Å²) in [5.41, 5.74) is 2.74. The van der Waals surface area contributed by atoms with E-state index in [-0.39, 0.29) is 5.56 Å². The van der Waals surface area contributed by atoms with Gasteiger partial charge in [-0.15, -0.1) is 0 Å². The second-order valence-electron chi connectivity index (χ2n) is 4.39. The molecular weight excluding hydrogens is 306 g/mol. The van der Waals surface area contributed by atoms with Gasteiger partial charge in [-0.2, -0.15) is 0 Å². The van der Waals surface area contributed by atoms with Crippen LogP contribution in [0.1, 0.15) is 10.4 Å². The predicted molar refractivity (Wildman–Crippen MR) is 80.9 cm³/mol. The van der Waals surface area contributed by atoms with Crippen LogP contribution < -0.4 is 4.90 Å². The molecule has 0 unspecified atom stereocenters. The van der Waals surface area contributed by atoms with Gasteiger partial charge in [0.1, 0.15) is 0 Å². The van der Waals surface area contributed by atoms with E-state index in [0.717, 1.165) is 11.3 Å². The van der Waals surface area contributed by atoms with E-state index in [9.17, 15) is 9.90 Å². The van der Waals surface area contributed by atoms with Crippen LogP contribution in [-0.2, 0) is 0 Å². The van der Waals surface area contributed by atoms with Crippen LogP contribution in [0.2, 0.25) is 0 Å². The number of halogens is 1. The highest BCUT2D eigenvalue weighted by atomic mass is 79.9. The zero-order valence-corrected chi connectivity index (χ0v) is 12.3. The van der Waals surface area contributed by atoms with Gasteiger partial charge in [-0.3, -0.25) is 0 Å². The second kappa shape index (κ2) is 5.45. The lowest BCUT2D eigenvalue weighted by molar-refractivity contribution is 0.0697. The summed E-state index contributed by atoms with van der Waals surface area (Å²) in [7, 11) is 3.77. The molecule has 19 heavy (non-hydrogen) atoms. The lowest BCUT2D eigenvalue weighted by atomic mass is 9.99. The van der Waals surface area contributed by atoms with Crippen LogP contribution in [0.4, 0.5) is 5.69 Å². The largest absolute Gasteiger partial charge is 0.478 e. The molecule has 2 rings (SSSR count). The third-order valence-corrected chi connectivity index (χ3v) is 3.70. The number of carboxylic acid groups (broad SMARTS) is 1. The smallest absolute Gasteiger partial charge is 0.337 e. The minimum Gasteiger partial charge on any atom is -0.478 e. The van der Waals surface area contributed by atoms with Crippen LogP contribution in [0.25, 0.3) is 11.1 Å². The minimum atomic E-state index is -0.936. The number of hydrogen-bond donors (Lipinski definition) is 1. The van der Waals surface area contributed by atoms with E-state index in [1.54, 1.807) is 0 Å². The van der Waals surface area contributed by atoms with E-state index in [2.05, 4.69) is 15.9 Å². The Morgan fingerprint density at radius 3 is 2.26 bits per heavy atom. The molecule has 0 saturated heterocycles. The molecular formula is C15H14BrNO2. The van der Waals surface area contributed by atoms with E-state index >= 15 is 0 Å². The van der Waals surface area contributed by atoms with Crippen LogP contribution in [0, 0.1) is 0 Å². The number of aromatic carboxylic acids is 1. The van der Waals surface area contributed by atoms with E-state index in [0.29, 0.717) is 10.0 Å². The molecule has 2 aromatic carbocycles. The molecule has 0 radical (unpaired) electrons. The van der Waals surface area contributed by atoms with Gasteiger partial charge in [0, 0.05) is 14.1 Å². The van der Waals surface area contributed by atoms with Gasteiger partial charge in [-0.05, 0) is 33.1 Å². The number of carbonyl (C=O) groups is 1. The Balaban J connectivity index is 2.70. The van der Waals surface area contributed by atoms with Crippen molar-refractivity contribution in [2.45, 2.75) is 0 Å². The maximum Gasteiger partial charge on any atom is 0.337 e. The Morgan fingerprint density at radius 2 is 1.74 bits per heavy atom. The van der Waals surface area contributed by atoms with Gasteiger partial charge in [0.25, 0.3) is 0 Å². The topological polar surface area (TPSA) is 40.5 Å². The summed E-state index contributed by atoms with van der Waals surface area (Å²) in [5.74, 6) is -0.936. The molecule has 0 fully saturated rings. The average Bonchev–Trinajstić information content (AvgIpc) is 2.38. The molecule has 0 saturated carbocycles. The minimum absolute atomic E-state index is 0.289. The number of nitrogens with zero attached hydrogens (tertiary/aromatic N) is 1. The number of benzene rings is 2. The van der Waals surface area contributed by atoms with Gasteiger partial charge in [0.05, 0.1) is 15.7 Å². The molecule has 0 aromatic heterocycles. The molecule has 3 nitrogen and oxygen atoms in total. The van der Waals surface area contributed by atoms with Crippen molar-refractivity contribution in [1.82, 2.24) is 0 Å². The fourth-order valence-electron chi connectivity index (χ4n) is 1.98. The third-order valence-electron chi connectivity index (χ3n) is 2.90. The first kappa shape index (κ1) is 13.6. The number of carboxylic acids is 1. The molecule has 0 bridgehead atoms. The lowest BCUT2D eigenvalue weighted by Crippen LogP contribution is -2.12. The van der Waals surface area contributed by atoms with Crippen LogP contribution >= 0.6 is 15.9 Å². The zero-order chi connectivity index (χ0) is 14.0. The van der Waals surface area contributed by atoms with E-state index in [1.165, 1.54) is 0 Å². The van der Waals surface area contributed by atoms with Crippen molar-refractivity contribution >= 4 is 27.6 Å². The van der Waals surface area contributed by atoms with Crippen LogP contribution in [-0.4, -0.2) is 25.2 Å². The van der Waals surface area contributed by atoms with E-state index in [4.69, 9.17) is 0 Å². The number of hydrogen-bond acceptors (Lipinski definition) is 2. The third kappa shape index (κ3) is 2.63. The van der Waals surface area contributed by atoms with Gasteiger partial charge in [0.15, 0.2) is 0 Å². The molecule has 0 amide bonds. The van der Waals surface area contributed by atoms with Crippen molar-refractivity contribution < 1.29 is 9.90 Å². The van der Waals surface area contributed by atoms with Gasteiger partial charge in [0.2, 0.25) is 0 Å².